The molecule has 1 rings (SSSR count). The second-order valence-corrected chi connectivity index (χ2v) is 5.40. The Kier molecular flexibility index (Phi) is 6.75. The molecule has 0 saturated heterocycles. The number of carbonyl (C=O) groups excluding carboxylic acids is 3. The van der Waals surface area contributed by atoms with E-state index in [0.29, 0.717) is 12.2 Å². The smallest absolute Gasteiger partial charge is 0.333 e. The summed E-state index contributed by atoms with van der Waals surface area (Å²) in [5.41, 5.74) is 2.34. The number of carbonyl (C=O) groups is 3. The summed E-state index contributed by atoms with van der Waals surface area (Å²) in [4.78, 5) is 34.2. The van der Waals surface area contributed by atoms with Gasteiger partial charge in [0.1, 0.15) is 18.4 Å². The van der Waals surface area contributed by atoms with Crippen LogP contribution in [0.25, 0.3) is 0 Å². The standard InChI is InChI=1S/C17H23NO5/c1-6-15(20)18-12(4)17(21)23-16-10(2)7-14(8-11(16)3)9-22-13(5)19/h7-8,12H,6,9H2,1-5H3,(H,18,20). The summed E-state index contributed by atoms with van der Waals surface area (Å²) in [7, 11) is 0. The van der Waals surface area contributed by atoms with E-state index in [1.54, 1.807) is 26.0 Å². The summed E-state index contributed by atoms with van der Waals surface area (Å²) in [5, 5.41) is 2.56. The summed E-state index contributed by atoms with van der Waals surface area (Å²) in [6.45, 7) is 8.43. The molecule has 1 atom stereocenters. The molecule has 1 aromatic rings. The number of hydrogen-bond acceptors (Lipinski definition) is 5. The minimum absolute atomic E-state index is 0.175. The third-order valence-corrected chi connectivity index (χ3v) is 3.22. The lowest BCUT2D eigenvalue weighted by Crippen LogP contribution is -2.40. The normalized spacial score (nSPS) is 11.5. The Morgan fingerprint density at radius 2 is 1.74 bits per heavy atom. The van der Waals surface area contributed by atoms with Crippen LogP contribution in [-0.2, 0) is 25.7 Å². The van der Waals surface area contributed by atoms with E-state index in [0.717, 1.165) is 16.7 Å². The number of rotatable bonds is 6. The average Bonchev–Trinajstić information content (AvgIpc) is 2.48. The van der Waals surface area contributed by atoms with Crippen molar-refractivity contribution in [3.05, 3.63) is 28.8 Å². The van der Waals surface area contributed by atoms with Crippen LogP contribution in [-0.4, -0.2) is 23.9 Å². The Hall–Kier alpha value is -2.37. The zero-order chi connectivity index (χ0) is 17.6. The van der Waals surface area contributed by atoms with Crippen molar-refractivity contribution in [1.29, 1.82) is 0 Å². The molecule has 1 aromatic carbocycles. The van der Waals surface area contributed by atoms with E-state index in [-0.39, 0.29) is 18.5 Å². The Bertz CT molecular complexity index is 586. The van der Waals surface area contributed by atoms with Crippen LogP contribution in [0.5, 0.6) is 5.75 Å². The van der Waals surface area contributed by atoms with Gasteiger partial charge in [-0.2, -0.15) is 0 Å². The lowest BCUT2D eigenvalue weighted by Gasteiger charge is -2.16. The van der Waals surface area contributed by atoms with Gasteiger partial charge in [-0.15, -0.1) is 0 Å². The molecular weight excluding hydrogens is 298 g/mol. The molecule has 0 aliphatic carbocycles. The van der Waals surface area contributed by atoms with Gasteiger partial charge >= 0.3 is 11.9 Å². The maximum atomic E-state index is 12.1. The van der Waals surface area contributed by atoms with Crippen molar-refractivity contribution in [2.45, 2.75) is 53.7 Å². The van der Waals surface area contributed by atoms with Crippen LogP contribution in [0.2, 0.25) is 0 Å². The average molecular weight is 321 g/mol. The van der Waals surface area contributed by atoms with E-state index in [1.165, 1.54) is 6.92 Å². The monoisotopic (exact) mass is 321 g/mol. The molecule has 0 spiro atoms. The molecule has 0 fully saturated rings. The third kappa shape index (κ3) is 5.73. The summed E-state index contributed by atoms with van der Waals surface area (Å²) >= 11 is 0. The molecule has 1 N–H and O–H groups in total. The molecular formula is C17H23NO5. The van der Waals surface area contributed by atoms with E-state index < -0.39 is 12.0 Å². The number of hydrogen-bond donors (Lipinski definition) is 1. The predicted octanol–water partition coefficient (Wildman–Crippen LogP) is 2.19. The van der Waals surface area contributed by atoms with Gasteiger partial charge in [0.05, 0.1) is 0 Å². The van der Waals surface area contributed by atoms with Gasteiger partial charge in [-0.25, -0.2) is 4.79 Å². The predicted molar refractivity (Wildman–Crippen MR) is 84.9 cm³/mol. The minimum atomic E-state index is -0.720. The van der Waals surface area contributed by atoms with Gasteiger partial charge in [-0.1, -0.05) is 6.92 Å². The van der Waals surface area contributed by atoms with Crippen LogP contribution in [0.1, 0.15) is 43.9 Å². The van der Waals surface area contributed by atoms with Crippen LogP contribution in [0.4, 0.5) is 0 Å². The van der Waals surface area contributed by atoms with Crippen molar-refractivity contribution in [3.63, 3.8) is 0 Å². The number of benzene rings is 1. The highest BCUT2D eigenvalue weighted by Crippen LogP contribution is 2.25. The maximum absolute atomic E-state index is 12.1. The lowest BCUT2D eigenvalue weighted by molar-refractivity contribution is -0.142. The lowest BCUT2D eigenvalue weighted by atomic mass is 10.1. The molecule has 6 nitrogen and oxygen atoms in total. The van der Waals surface area contributed by atoms with Gasteiger partial charge in [-0.05, 0) is 49.6 Å². The molecule has 0 aliphatic rings. The fourth-order valence-corrected chi connectivity index (χ4v) is 2.06. The second-order valence-electron chi connectivity index (χ2n) is 5.40. The molecule has 0 radical (unpaired) electrons. The van der Waals surface area contributed by atoms with Gasteiger partial charge in [0.2, 0.25) is 5.91 Å². The SMILES string of the molecule is CCC(=O)NC(C)C(=O)Oc1c(C)cc(COC(C)=O)cc1C. The summed E-state index contributed by atoms with van der Waals surface area (Å²) in [6.07, 6.45) is 0.306. The third-order valence-electron chi connectivity index (χ3n) is 3.22. The van der Waals surface area contributed by atoms with Crippen molar-refractivity contribution in [1.82, 2.24) is 5.32 Å². The van der Waals surface area contributed by atoms with Gasteiger partial charge in [0.15, 0.2) is 0 Å². The van der Waals surface area contributed by atoms with Crippen LogP contribution < -0.4 is 10.1 Å². The van der Waals surface area contributed by atoms with Gasteiger partial charge in [-0.3, -0.25) is 9.59 Å². The van der Waals surface area contributed by atoms with Crippen molar-refractivity contribution in [2.24, 2.45) is 0 Å². The van der Waals surface area contributed by atoms with E-state index >= 15 is 0 Å². The first-order valence-corrected chi connectivity index (χ1v) is 7.49. The topological polar surface area (TPSA) is 81.7 Å². The molecule has 0 aliphatic heterocycles. The molecule has 1 amide bonds. The van der Waals surface area contributed by atoms with E-state index in [4.69, 9.17) is 9.47 Å². The van der Waals surface area contributed by atoms with Crippen molar-refractivity contribution in [2.75, 3.05) is 0 Å². The number of esters is 2. The largest absolute Gasteiger partial charge is 0.461 e. The van der Waals surface area contributed by atoms with E-state index in [1.807, 2.05) is 13.8 Å². The van der Waals surface area contributed by atoms with Crippen LogP contribution in [0.15, 0.2) is 12.1 Å². The maximum Gasteiger partial charge on any atom is 0.333 e. The zero-order valence-electron chi connectivity index (χ0n) is 14.2. The molecule has 23 heavy (non-hydrogen) atoms. The first-order chi connectivity index (χ1) is 10.7. The Morgan fingerprint density at radius 1 is 1.17 bits per heavy atom. The fraction of sp³-hybridized carbons (Fsp3) is 0.471. The minimum Gasteiger partial charge on any atom is -0.461 e. The highest BCUT2D eigenvalue weighted by atomic mass is 16.5. The number of aryl methyl sites for hydroxylation is 2. The van der Waals surface area contributed by atoms with Crippen molar-refractivity contribution >= 4 is 17.8 Å². The van der Waals surface area contributed by atoms with Crippen LogP contribution in [0.3, 0.4) is 0 Å². The Labute approximate surface area is 136 Å². The highest BCUT2D eigenvalue weighted by Gasteiger charge is 2.19. The van der Waals surface area contributed by atoms with E-state index in [9.17, 15) is 14.4 Å². The molecule has 0 aromatic heterocycles. The summed E-state index contributed by atoms with van der Waals surface area (Å²) < 4.78 is 10.4. The first-order valence-electron chi connectivity index (χ1n) is 7.49. The molecule has 0 saturated carbocycles. The highest BCUT2D eigenvalue weighted by molar-refractivity contribution is 5.85. The van der Waals surface area contributed by atoms with Gasteiger partial charge in [0.25, 0.3) is 0 Å². The zero-order valence-corrected chi connectivity index (χ0v) is 14.2. The molecule has 0 heterocycles. The number of ether oxygens (including phenoxy) is 2. The quantitative estimate of drug-likeness (QED) is 0.641. The summed E-state index contributed by atoms with van der Waals surface area (Å²) in [5.74, 6) is -0.624. The molecule has 0 bridgehead atoms. The van der Waals surface area contributed by atoms with Gasteiger partial charge in [0, 0.05) is 13.3 Å². The first kappa shape index (κ1) is 18.7. The van der Waals surface area contributed by atoms with Crippen LogP contribution >= 0.6 is 0 Å². The molecule has 126 valence electrons. The number of nitrogens with one attached hydrogen (secondary N) is 1. The molecule has 6 heteroatoms. The number of amides is 1. The van der Waals surface area contributed by atoms with Crippen molar-refractivity contribution < 1.29 is 23.9 Å². The second kappa shape index (κ2) is 8.31. The Morgan fingerprint density at radius 3 is 2.22 bits per heavy atom. The Balaban J connectivity index is 2.82. The summed E-state index contributed by atoms with van der Waals surface area (Å²) in [6, 6.07) is 2.88. The van der Waals surface area contributed by atoms with Crippen molar-refractivity contribution in [3.8, 4) is 5.75 Å². The van der Waals surface area contributed by atoms with Gasteiger partial charge < -0.3 is 14.8 Å². The van der Waals surface area contributed by atoms with Crippen LogP contribution in [0, 0.1) is 13.8 Å². The van der Waals surface area contributed by atoms with E-state index in [2.05, 4.69) is 5.32 Å². The molecule has 1 unspecified atom stereocenters. The fourth-order valence-electron chi connectivity index (χ4n) is 2.06.